The highest BCUT2D eigenvalue weighted by molar-refractivity contribution is 5.79. The molecule has 180 valence electrons. The number of pyridine rings is 1. The predicted molar refractivity (Wildman–Crippen MR) is 129 cm³/mol. The van der Waals surface area contributed by atoms with Crippen molar-refractivity contribution in [2.75, 3.05) is 26.9 Å². The molecule has 2 aromatic carbocycles. The summed E-state index contributed by atoms with van der Waals surface area (Å²) >= 11 is 0. The molecule has 3 aromatic rings. The molecule has 0 saturated carbocycles. The van der Waals surface area contributed by atoms with Gasteiger partial charge >= 0.3 is 6.09 Å². The van der Waals surface area contributed by atoms with E-state index in [1.165, 1.54) is 22.3 Å². The van der Waals surface area contributed by atoms with Crippen LogP contribution in [0.2, 0.25) is 0 Å². The average molecular weight is 473 g/mol. The Balaban J connectivity index is 1.19. The first-order chi connectivity index (χ1) is 17.1. The Hall–Kier alpha value is -3.42. The molecule has 0 radical (unpaired) electrons. The minimum Gasteiger partial charge on any atom is -0.495 e. The number of rotatable bonds is 4. The van der Waals surface area contributed by atoms with Crippen molar-refractivity contribution in [1.29, 1.82) is 0 Å². The molecule has 2 saturated heterocycles. The summed E-state index contributed by atoms with van der Waals surface area (Å²) in [6.45, 7) is 0.992. The van der Waals surface area contributed by atoms with E-state index >= 15 is 0 Å². The molecule has 2 unspecified atom stereocenters. The maximum Gasteiger partial charge on any atom is 0.410 e. The van der Waals surface area contributed by atoms with Gasteiger partial charge in [0.2, 0.25) is 0 Å². The van der Waals surface area contributed by atoms with E-state index in [4.69, 9.17) is 14.2 Å². The summed E-state index contributed by atoms with van der Waals surface area (Å²) < 4.78 is 16.9. The number of methoxy groups -OCH3 is 1. The lowest BCUT2D eigenvalue weighted by molar-refractivity contribution is -0.137. The normalized spacial score (nSPS) is 25.0. The molecule has 2 aliphatic heterocycles. The van der Waals surface area contributed by atoms with Gasteiger partial charge in [-0.25, -0.2) is 4.79 Å². The summed E-state index contributed by atoms with van der Waals surface area (Å²) in [6.07, 6.45) is 1.94. The van der Waals surface area contributed by atoms with Crippen LogP contribution in [0.4, 0.5) is 4.79 Å². The molecule has 0 spiro atoms. The van der Waals surface area contributed by atoms with Gasteiger partial charge in [0.1, 0.15) is 18.0 Å². The van der Waals surface area contributed by atoms with Crippen molar-refractivity contribution in [3.8, 4) is 16.9 Å². The SMILES string of the molecule is COc1ccc(C2(O)CC3COCC(C2)N3C(=O)OCC2c3ccccc3-c3ccccc32)nc1. The number of aromatic nitrogens is 1. The molecule has 2 atom stereocenters. The molecule has 6 rings (SSSR count). The van der Waals surface area contributed by atoms with Crippen molar-refractivity contribution in [3.63, 3.8) is 0 Å². The van der Waals surface area contributed by atoms with Crippen molar-refractivity contribution in [2.24, 2.45) is 0 Å². The van der Waals surface area contributed by atoms with E-state index in [0.717, 1.165) is 0 Å². The molecule has 7 nitrogen and oxygen atoms in total. The standard InChI is InChI=1S/C28H28N2O5/c1-33-20-10-11-26(29-14-20)28(32)12-18-15-34-16-19(13-28)30(18)27(31)35-17-25-23-8-4-2-6-21(23)22-7-3-5-9-24(22)25/h2-11,14,18-19,25,32H,12-13,15-17H2,1H3. The number of fused-ring (bicyclic) bond motifs is 5. The number of carbonyl (C=O) groups is 1. The smallest absolute Gasteiger partial charge is 0.410 e. The summed E-state index contributed by atoms with van der Waals surface area (Å²) in [5.74, 6) is 0.643. The average Bonchev–Trinajstić information content (AvgIpc) is 3.20. The zero-order chi connectivity index (χ0) is 24.0. The van der Waals surface area contributed by atoms with Gasteiger partial charge in [0.25, 0.3) is 0 Å². The van der Waals surface area contributed by atoms with Gasteiger partial charge in [0, 0.05) is 18.8 Å². The number of aliphatic hydroxyl groups is 1. The van der Waals surface area contributed by atoms with Gasteiger partial charge in [-0.2, -0.15) is 0 Å². The first-order valence-electron chi connectivity index (χ1n) is 12.0. The van der Waals surface area contributed by atoms with Crippen molar-refractivity contribution in [3.05, 3.63) is 83.7 Å². The van der Waals surface area contributed by atoms with E-state index < -0.39 is 5.60 Å². The van der Waals surface area contributed by atoms with E-state index in [-0.39, 0.29) is 30.7 Å². The Morgan fingerprint density at radius 3 is 2.23 bits per heavy atom. The van der Waals surface area contributed by atoms with E-state index in [1.54, 1.807) is 30.3 Å². The Morgan fingerprint density at radius 2 is 1.66 bits per heavy atom. The van der Waals surface area contributed by atoms with Crippen LogP contribution in [0.25, 0.3) is 11.1 Å². The number of piperidine rings is 1. The number of hydrogen-bond donors (Lipinski definition) is 1. The van der Waals surface area contributed by atoms with Gasteiger partial charge in [-0.05, 0) is 34.4 Å². The fourth-order valence-electron chi connectivity index (χ4n) is 5.93. The topological polar surface area (TPSA) is 81.1 Å². The molecule has 2 bridgehead atoms. The maximum absolute atomic E-state index is 13.4. The van der Waals surface area contributed by atoms with Crippen LogP contribution in [-0.2, 0) is 15.1 Å². The van der Waals surface area contributed by atoms with E-state index in [2.05, 4.69) is 29.2 Å². The quantitative estimate of drug-likeness (QED) is 0.616. The van der Waals surface area contributed by atoms with Crippen LogP contribution in [-0.4, -0.2) is 60.1 Å². The van der Waals surface area contributed by atoms with Gasteiger partial charge in [0.05, 0.1) is 44.3 Å². The molecule has 3 heterocycles. The van der Waals surface area contributed by atoms with Crippen molar-refractivity contribution >= 4 is 6.09 Å². The van der Waals surface area contributed by atoms with Gasteiger partial charge < -0.3 is 19.3 Å². The largest absolute Gasteiger partial charge is 0.495 e. The fraction of sp³-hybridized carbons (Fsp3) is 0.357. The second-order valence-electron chi connectivity index (χ2n) is 9.58. The Kier molecular flexibility index (Phi) is 5.46. The number of morpholine rings is 1. The third-order valence-corrected chi connectivity index (χ3v) is 7.55. The summed E-state index contributed by atoms with van der Waals surface area (Å²) in [6, 6.07) is 19.6. The Bertz CT molecular complexity index is 1180. The third kappa shape index (κ3) is 3.75. The Morgan fingerprint density at radius 1 is 1.03 bits per heavy atom. The maximum atomic E-state index is 13.4. The zero-order valence-corrected chi connectivity index (χ0v) is 19.6. The number of carbonyl (C=O) groups excluding carboxylic acids is 1. The minimum absolute atomic E-state index is 0.00710. The van der Waals surface area contributed by atoms with Crippen LogP contribution >= 0.6 is 0 Å². The second kappa shape index (κ2) is 8.66. The zero-order valence-electron chi connectivity index (χ0n) is 19.6. The summed E-state index contributed by atoms with van der Waals surface area (Å²) in [7, 11) is 1.58. The first kappa shape index (κ1) is 22.1. The molecule has 1 amide bonds. The molecule has 1 aromatic heterocycles. The van der Waals surface area contributed by atoms with Gasteiger partial charge in [-0.1, -0.05) is 48.5 Å². The van der Waals surface area contributed by atoms with Crippen LogP contribution in [0.5, 0.6) is 5.75 Å². The monoisotopic (exact) mass is 472 g/mol. The fourth-order valence-corrected chi connectivity index (χ4v) is 5.93. The number of hydrogen-bond acceptors (Lipinski definition) is 6. The van der Waals surface area contributed by atoms with Gasteiger partial charge in [-0.3, -0.25) is 9.88 Å². The van der Waals surface area contributed by atoms with Crippen LogP contribution in [0, 0.1) is 0 Å². The van der Waals surface area contributed by atoms with Crippen LogP contribution in [0.1, 0.15) is 35.6 Å². The molecule has 3 aliphatic rings. The molecular weight excluding hydrogens is 444 g/mol. The van der Waals surface area contributed by atoms with Gasteiger partial charge in [-0.15, -0.1) is 0 Å². The van der Waals surface area contributed by atoms with Crippen LogP contribution in [0.15, 0.2) is 66.9 Å². The molecule has 7 heteroatoms. The lowest BCUT2D eigenvalue weighted by Crippen LogP contribution is -2.62. The number of ether oxygens (including phenoxy) is 3. The van der Waals surface area contributed by atoms with E-state index in [0.29, 0.717) is 37.5 Å². The second-order valence-corrected chi connectivity index (χ2v) is 9.58. The van der Waals surface area contributed by atoms with Crippen LogP contribution in [0.3, 0.4) is 0 Å². The number of benzene rings is 2. The number of amides is 1. The molecule has 35 heavy (non-hydrogen) atoms. The lowest BCUT2D eigenvalue weighted by atomic mass is 9.79. The van der Waals surface area contributed by atoms with E-state index in [9.17, 15) is 9.90 Å². The molecule has 1 aliphatic carbocycles. The minimum atomic E-state index is -1.13. The predicted octanol–water partition coefficient (Wildman–Crippen LogP) is 4.09. The highest BCUT2D eigenvalue weighted by Gasteiger charge is 2.50. The molecule has 1 N–H and O–H groups in total. The van der Waals surface area contributed by atoms with Crippen molar-refractivity contribution < 1.29 is 24.1 Å². The third-order valence-electron chi connectivity index (χ3n) is 7.55. The summed E-state index contributed by atoms with van der Waals surface area (Å²) in [4.78, 5) is 19.6. The first-order valence-corrected chi connectivity index (χ1v) is 12.0. The summed E-state index contributed by atoms with van der Waals surface area (Å²) in [5.41, 5.74) is 4.22. The van der Waals surface area contributed by atoms with Crippen molar-refractivity contribution in [2.45, 2.75) is 36.4 Å². The Labute approximate surface area is 204 Å². The summed E-state index contributed by atoms with van der Waals surface area (Å²) in [5, 5.41) is 11.5. The number of nitrogens with zero attached hydrogens (tertiary/aromatic N) is 2. The van der Waals surface area contributed by atoms with Crippen LogP contribution < -0.4 is 4.74 Å². The van der Waals surface area contributed by atoms with E-state index in [1.807, 2.05) is 24.3 Å². The highest BCUT2D eigenvalue weighted by Crippen LogP contribution is 2.45. The van der Waals surface area contributed by atoms with Gasteiger partial charge in [0.15, 0.2) is 0 Å². The van der Waals surface area contributed by atoms with Crippen molar-refractivity contribution in [1.82, 2.24) is 9.88 Å². The molecule has 2 fully saturated rings. The molecular formula is C28H28N2O5. The lowest BCUT2D eigenvalue weighted by Gasteiger charge is -2.50. The highest BCUT2D eigenvalue weighted by atomic mass is 16.6.